The second kappa shape index (κ2) is 5.65. The number of furan rings is 1. The van der Waals surface area contributed by atoms with E-state index in [-0.39, 0.29) is 11.5 Å². The van der Waals surface area contributed by atoms with Gasteiger partial charge in [0.2, 0.25) is 17.3 Å². The molecule has 1 aliphatic rings. The number of nitrogens with two attached hydrogens (primary N) is 1. The van der Waals surface area contributed by atoms with Gasteiger partial charge in [0.15, 0.2) is 0 Å². The number of ether oxygens (including phenoxy) is 2. The number of pyridine rings is 1. The Morgan fingerprint density at radius 1 is 1.33 bits per heavy atom. The highest BCUT2D eigenvalue weighted by Gasteiger charge is 2.25. The third kappa shape index (κ3) is 2.23. The molecule has 0 unspecified atom stereocenters. The number of carbonyl (C=O) groups excluding carboxylic acids is 1. The molecule has 0 saturated carbocycles. The van der Waals surface area contributed by atoms with Crippen LogP contribution in [-0.4, -0.2) is 24.5 Å². The minimum atomic E-state index is -0.322. The first kappa shape index (κ1) is 14.7. The Kier molecular flexibility index (Phi) is 3.46. The van der Waals surface area contributed by atoms with Crippen molar-refractivity contribution in [3.63, 3.8) is 0 Å². The first-order chi connectivity index (χ1) is 11.7. The van der Waals surface area contributed by atoms with E-state index in [0.29, 0.717) is 41.3 Å². The smallest absolute Gasteiger partial charge is 0.234 e. The second-order valence-corrected chi connectivity index (χ2v) is 5.62. The summed E-state index contributed by atoms with van der Waals surface area (Å²) in [7, 11) is 1.52. The summed E-state index contributed by atoms with van der Waals surface area (Å²) in [5.41, 5.74) is 9.15. The van der Waals surface area contributed by atoms with E-state index in [1.54, 1.807) is 24.3 Å². The molecule has 0 spiro atoms. The first-order valence-corrected chi connectivity index (χ1v) is 7.65. The van der Waals surface area contributed by atoms with Crippen LogP contribution in [0.5, 0.6) is 5.75 Å². The molecule has 1 aromatic carbocycles. The molecule has 0 radical (unpaired) electrons. The number of nitrogens with zero attached hydrogens (tertiary/aromatic N) is 1. The standard InChI is InChI=1S/C18H16N2O4/c1-22-14-5-3-2-4-11(14)16(21)17-15(19)12-8-10-9-23-7-6-13(10)20-18(12)24-17/h2-5,8H,6-7,9,19H2,1H3. The number of carbonyl (C=O) groups is 1. The lowest BCUT2D eigenvalue weighted by atomic mass is 10.1. The van der Waals surface area contributed by atoms with Gasteiger partial charge < -0.3 is 19.6 Å². The van der Waals surface area contributed by atoms with Crippen molar-refractivity contribution in [3.8, 4) is 5.75 Å². The van der Waals surface area contributed by atoms with Crippen LogP contribution in [-0.2, 0) is 17.8 Å². The maximum absolute atomic E-state index is 12.8. The predicted octanol–water partition coefficient (Wildman–Crippen LogP) is 2.72. The van der Waals surface area contributed by atoms with Crippen molar-refractivity contribution in [2.45, 2.75) is 13.0 Å². The Morgan fingerprint density at radius 2 is 2.17 bits per heavy atom. The number of nitrogen functional groups attached to an aromatic ring is 1. The molecular formula is C18H16N2O4. The number of benzene rings is 1. The molecule has 0 fully saturated rings. The van der Waals surface area contributed by atoms with Gasteiger partial charge in [0.1, 0.15) is 5.75 Å². The van der Waals surface area contributed by atoms with Crippen molar-refractivity contribution in [2.75, 3.05) is 19.5 Å². The Labute approximate surface area is 138 Å². The number of hydrogen-bond acceptors (Lipinski definition) is 6. The lowest BCUT2D eigenvalue weighted by Crippen LogP contribution is -2.11. The summed E-state index contributed by atoms with van der Waals surface area (Å²) in [5, 5.41) is 0.637. The van der Waals surface area contributed by atoms with Gasteiger partial charge in [-0.2, -0.15) is 0 Å². The van der Waals surface area contributed by atoms with E-state index >= 15 is 0 Å². The van der Waals surface area contributed by atoms with Crippen molar-refractivity contribution in [3.05, 3.63) is 52.9 Å². The maximum atomic E-state index is 12.8. The zero-order valence-electron chi connectivity index (χ0n) is 13.2. The number of fused-ring (bicyclic) bond motifs is 2. The maximum Gasteiger partial charge on any atom is 0.234 e. The minimum absolute atomic E-state index is 0.0882. The molecule has 0 amide bonds. The third-order valence-electron chi connectivity index (χ3n) is 4.19. The van der Waals surface area contributed by atoms with Crippen LogP contribution in [0.15, 0.2) is 34.7 Å². The zero-order chi connectivity index (χ0) is 16.7. The molecule has 2 aromatic heterocycles. The van der Waals surface area contributed by atoms with E-state index in [1.807, 2.05) is 6.07 Å². The first-order valence-electron chi connectivity index (χ1n) is 7.65. The number of hydrogen-bond donors (Lipinski definition) is 1. The lowest BCUT2D eigenvalue weighted by molar-refractivity contribution is 0.101. The number of ketones is 1. The normalized spacial score (nSPS) is 13.7. The van der Waals surface area contributed by atoms with E-state index in [4.69, 9.17) is 19.6 Å². The molecule has 0 saturated heterocycles. The monoisotopic (exact) mass is 324 g/mol. The number of rotatable bonds is 3. The fourth-order valence-corrected chi connectivity index (χ4v) is 2.93. The SMILES string of the molecule is COc1ccccc1C(=O)c1oc2nc3c(cc2c1N)COCC3. The highest BCUT2D eigenvalue weighted by Crippen LogP contribution is 2.33. The molecular weight excluding hydrogens is 308 g/mol. The van der Waals surface area contributed by atoms with Gasteiger partial charge in [-0.15, -0.1) is 0 Å². The van der Waals surface area contributed by atoms with E-state index in [1.165, 1.54) is 7.11 Å². The van der Waals surface area contributed by atoms with Crippen LogP contribution >= 0.6 is 0 Å². The van der Waals surface area contributed by atoms with Gasteiger partial charge in [-0.3, -0.25) is 4.79 Å². The van der Waals surface area contributed by atoms with Gasteiger partial charge in [-0.1, -0.05) is 12.1 Å². The highest BCUT2D eigenvalue weighted by atomic mass is 16.5. The van der Waals surface area contributed by atoms with E-state index in [9.17, 15) is 4.79 Å². The van der Waals surface area contributed by atoms with Gasteiger partial charge in [-0.05, 0) is 18.2 Å². The number of aromatic nitrogens is 1. The molecule has 0 aliphatic carbocycles. The van der Waals surface area contributed by atoms with E-state index in [0.717, 1.165) is 17.7 Å². The Morgan fingerprint density at radius 3 is 3.00 bits per heavy atom. The van der Waals surface area contributed by atoms with Gasteiger partial charge in [0.25, 0.3) is 0 Å². The van der Waals surface area contributed by atoms with Gasteiger partial charge in [-0.25, -0.2) is 4.98 Å². The topological polar surface area (TPSA) is 87.6 Å². The number of methoxy groups -OCH3 is 1. The van der Waals surface area contributed by atoms with Gasteiger partial charge >= 0.3 is 0 Å². The van der Waals surface area contributed by atoms with E-state index < -0.39 is 0 Å². The van der Waals surface area contributed by atoms with Crippen molar-refractivity contribution in [1.82, 2.24) is 4.98 Å². The molecule has 1 aliphatic heterocycles. The van der Waals surface area contributed by atoms with Crippen LogP contribution in [0.2, 0.25) is 0 Å². The molecule has 122 valence electrons. The number of anilines is 1. The summed E-state index contributed by atoms with van der Waals surface area (Å²) in [6.45, 7) is 1.13. The van der Waals surface area contributed by atoms with Crippen LogP contribution in [0.3, 0.4) is 0 Å². The lowest BCUT2D eigenvalue weighted by Gasteiger charge is -2.14. The zero-order valence-corrected chi connectivity index (χ0v) is 13.2. The summed E-state index contributed by atoms with van der Waals surface area (Å²) >= 11 is 0. The number of para-hydroxylation sites is 1. The summed E-state index contributed by atoms with van der Waals surface area (Å²) in [6, 6.07) is 8.87. The largest absolute Gasteiger partial charge is 0.496 e. The Hall–Kier alpha value is -2.86. The van der Waals surface area contributed by atoms with Crippen LogP contribution in [0.1, 0.15) is 27.4 Å². The van der Waals surface area contributed by atoms with Crippen LogP contribution in [0, 0.1) is 0 Å². The average molecular weight is 324 g/mol. The molecule has 2 N–H and O–H groups in total. The van der Waals surface area contributed by atoms with Gasteiger partial charge in [0.05, 0.1) is 42.7 Å². The fraction of sp³-hybridized carbons (Fsp3) is 0.222. The Bertz CT molecular complexity index is 946. The summed E-state index contributed by atoms with van der Waals surface area (Å²) < 4.78 is 16.4. The fourth-order valence-electron chi connectivity index (χ4n) is 2.93. The molecule has 0 bridgehead atoms. The predicted molar refractivity (Wildman–Crippen MR) is 88.2 cm³/mol. The molecule has 4 rings (SSSR count). The molecule has 24 heavy (non-hydrogen) atoms. The second-order valence-electron chi connectivity index (χ2n) is 5.62. The van der Waals surface area contributed by atoms with Gasteiger partial charge in [0, 0.05) is 12.0 Å². The van der Waals surface area contributed by atoms with Crippen molar-refractivity contribution in [1.29, 1.82) is 0 Å². The van der Waals surface area contributed by atoms with Crippen LogP contribution in [0.4, 0.5) is 5.69 Å². The molecule has 6 nitrogen and oxygen atoms in total. The molecule has 3 aromatic rings. The molecule has 3 heterocycles. The van der Waals surface area contributed by atoms with E-state index in [2.05, 4.69) is 4.98 Å². The molecule has 0 atom stereocenters. The van der Waals surface area contributed by atoms with Crippen LogP contribution in [0.25, 0.3) is 11.1 Å². The third-order valence-corrected chi connectivity index (χ3v) is 4.19. The molecule has 6 heteroatoms. The van der Waals surface area contributed by atoms with Crippen molar-refractivity contribution in [2.24, 2.45) is 0 Å². The quantitative estimate of drug-likeness (QED) is 0.745. The van der Waals surface area contributed by atoms with Crippen molar-refractivity contribution < 1.29 is 18.7 Å². The Balaban J connectivity index is 1.85. The summed E-state index contributed by atoms with van der Waals surface area (Å²) in [6.07, 6.45) is 0.724. The van der Waals surface area contributed by atoms with Crippen molar-refractivity contribution >= 4 is 22.6 Å². The van der Waals surface area contributed by atoms with Crippen LogP contribution < -0.4 is 10.5 Å². The summed E-state index contributed by atoms with van der Waals surface area (Å²) in [4.78, 5) is 17.3. The average Bonchev–Trinajstić information content (AvgIpc) is 2.95. The minimum Gasteiger partial charge on any atom is -0.496 e. The highest BCUT2D eigenvalue weighted by molar-refractivity contribution is 6.15. The summed E-state index contributed by atoms with van der Waals surface area (Å²) in [5.74, 6) is 0.241.